The van der Waals surface area contributed by atoms with Crippen LogP contribution in [0.1, 0.15) is 16.7 Å². The Kier molecular flexibility index (Phi) is 14.2. The van der Waals surface area contributed by atoms with Gasteiger partial charge in [-0.05, 0) is 68.3 Å². The summed E-state index contributed by atoms with van der Waals surface area (Å²) in [5, 5.41) is 9.19. The topological polar surface area (TPSA) is 90.5 Å². The molecule has 3 aromatic rings. The minimum atomic E-state index is -3.67. The van der Waals surface area contributed by atoms with E-state index in [9.17, 15) is 8.42 Å². The summed E-state index contributed by atoms with van der Waals surface area (Å²) in [6.45, 7) is 6.25. The number of nitrogens with one attached hydrogen (secondary N) is 3. The first-order valence-electron chi connectivity index (χ1n) is 10.1. The van der Waals surface area contributed by atoms with Crippen LogP contribution in [0.3, 0.4) is 0 Å². The second kappa shape index (κ2) is 15.7. The maximum absolute atomic E-state index is 9.19. The lowest BCUT2D eigenvalue weighted by Crippen LogP contribution is -1.88. The van der Waals surface area contributed by atoms with E-state index < -0.39 is 10.1 Å². The van der Waals surface area contributed by atoms with Gasteiger partial charge < -0.3 is 16.0 Å². The zero-order valence-corrected chi connectivity index (χ0v) is 20.9. The Morgan fingerprint density at radius 2 is 0.938 bits per heavy atom. The molecule has 176 valence electrons. The van der Waals surface area contributed by atoms with Gasteiger partial charge >= 0.3 is 0 Å². The van der Waals surface area contributed by atoms with E-state index in [4.69, 9.17) is 4.55 Å². The molecule has 0 aliphatic heterocycles. The smallest absolute Gasteiger partial charge is 0.261 e. The van der Waals surface area contributed by atoms with Crippen LogP contribution in [0.2, 0.25) is 0 Å². The summed E-state index contributed by atoms with van der Waals surface area (Å²) < 4.78 is 25.9. The fourth-order valence-corrected chi connectivity index (χ4v) is 2.32. The zero-order valence-electron chi connectivity index (χ0n) is 20.1. The van der Waals surface area contributed by atoms with Crippen LogP contribution in [0.15, 0.2) is 72.8 Å². The molecule has 3 rings (SSSR count). The van der Waals surface area contributed by atoms with Crippen LogP contribution in [-0.4, -0.2) is 40.4 Å². The number of anilines is 3. The lowest BCUT2D eigenvalue weighted by atomic mass is 10.2. The van der Waals surface area contributed by atoms with Crippen molar-refractivity contribution in [3.63, 3.8) is 0 Å². The number of rotatable bonds is 3. The molecule has 0 radical (unpaired) electrons. The highest BCUT2D eigenvalue weighted by atomic mass is 32.2. The molecule has 0 saturated heterocycles. The van der Waals surface area contributed by atoms with E-state index in [-0.39, 0.29) is 0 Å². The molecule has 4 N–H and O–H groups in total. The van der Waals surface area contributed by atoms with E-state index in [0.29, 0.717) is 6.26 Å². The Labute approximate surface area is 193 Å². The van der Waals surface area contributed by atoms with Crippen LogP contribution in [0.4, 0.5) is 17.1 Å². The molecule has 32 heavy (non-hydrogen) atoms. The van der Waals surface area contributed by atoms with E-state index >= 15 is 0 Å². The van der Waals surface area contributed by atoms with Crippen molar-refractivity contribution in [2.75, 3.05) is 43.3 Å². The molecule has 0 spiro atoms. The van der Waals surface area contributed by atoms with Gasteiger partial charge in [-0.25, -0.2) is 0 Å². The highest BCUT2D eigenvalue weighted by Gasteiger charge is 1.86. The van der Waals surface area contributed by atoms with Gasteiger partial charge in [0.15, 0.2) is 0 Å². The van der Waals surface area contributed by atoms with Crippen molar-refractivity contribution >= 4 is 27.2 Å². The third kappa shape index (κ3) is 16.7. The summed E-state index contributed by atoms with van der Waals surface area (Å²) >= 11 is 0. The maximum atomic E-state index is 9.19. The van der Waals surface area contributed by atoms with Gasteiger partial charge in [0.25, 0.3) is 10.1 Å². The Morgan fingerprint density at radius 3 is 1.19 bits per heavy atom. The Bertz CT molecular complexity index is 951. The lowest BCUT2D eigenvalue weighted by molar-refractivity contribution is 0.490. The number of aryl methyl sites for hydroxylation is 3. The largest absolute Gasteiger partial charge is 0.388 e. The molecule has 0 atom stereocenters. The van der Waals surface area contributed by atoms with Crippen LogP contribution < -0.4 is 16.0 Å². The van der Waals surface area contributed by atoms with Crippen LogP contribution in [0.25, 0.3) is 0 Å². The van der Waals surface area contributed by atoms with Crippen molar-refractivity contribution in [3.8, 4) is 0 Å². The lowest BCUT2D eigenvalue weighted by Gasteiger charge is -1.98. The van der Waals surface area contributed by atoms with E-state index in [1.807, 2.05) is 45.4 Å². The molecular formula is C25H37N3O3S. The summed E-state index contributed by atoms with van der Waals surface area (Å²) in [5.74, 6) is 0. The van der Waals surface area contributed by atoms with Crippen molar-refractivity contribution in [2.45, 2.75) is 20.8 Å². The van der Waals surface area contributed by atoms with Crippen LogP contribution in [0.5, 0.6) is 0 Å². The second-order valence-corrected chi connectivity index (χ2v) is 8.55. The van der Waals surface area contributed by atoms with Gasteiger partial charge in [-0.1, -0.05) is 42.0 Å². The summed E-state index contributed by atoms with van der Waals surface area (Å²) in [4.78, 5) is 0. The quantitative estimate of drug-likeness (QED) is 0.380. The third-order valence-corrected chi connectivity index (χ3v) is 3.95. The fraction of sp³-hybridized carbons (Fsp3) is 0.280. The third-order valence-electron chi connectivity index (χ3n) is 3.95. The molecule has 0 saturated carbocycles. The molecule has 7 heteroatoms. The van der Waals surface area contributed by atoms with E-state index in [0.717, 1.165) is 0 Å². The van der Waals surface area contributed by atoms with E-state index in [1.165, 1.54) is 33.8 Å². The minimum absolute atomic E-state index is 0.715. The molecule has 6 nitrogen and oxygen atoms in total. The molecular weight excluding hydrogens is 422 g/mol. The summed E-state index contributed by atoms with van der Waals surface area (Å²) in [7, 11) is 2.11. The van der Waals surface area contributed by atoms with Gasteiger partial charge in [-0.2, -0.15) is 8.42 Å². The number of hydrogen-bond donors (Lipinski definition) is 4. The first-order chi connectivity index (χ1) is 15.0. The molecule has 0 heterocycles. The molecule has 0 unspecified atom stereocenters. The van der Waals surface area contributed by atoms with Gasteiger partial charge in [-0.15, -0.1) is 0 Å². The Balaban J connectivity index is 0.000000410. The first-order valence-corrected chi connectivity index (χ1v) is 12.0. The summed E-state index contributed by atoms with van der Waals surface area (Å²) in [6, 6.07) is 24.9. The van der Waals surface area contributed by atoms with Gasteiger partial charge in [0, 0.05) is 38.2 Å². The average Bonchev–Trinajstić information content (AvgIpc) is 2.74. The van der Waals surface area contributed by atoms with Crippen molar-refractivity contribution < 1.29 is 13.0 Å². The van der Waals surface area contributed by atoms with Gasteiger partial charge in [0.2, 0.25) is 0 Å². The molecule has 0 aliphatic rings. The van der Waals surface area contributed by atoms with Gasteiger partial charge in [0.1, 0.15) is 0 Å². The molecule has 0 amide bonds. The van der Waals surface area contributed by atoms with E-state index in [2.05, 4.69) is 85.3 Å². The normalized spacial score (nSPS) is 9.50. The van der Waals surface area contributed by atoms with Crippen molar-refractivity contribution in [3.05, 3.63) is 89.5 Å². The molecule has 0 aliphatic carbocycles. The van der Waals surface area contributed by atoms with E-state index in [1.54, 1.807) is 0 Å². The standard InChI is InChI=1S/3C8H11N.CH4O3S/c1-7-3-5-8(9-2)6-4-7;2*1-7-4-3-5-8(6-7)9-2;1-5(2,3)4/h3*3-6,9H,1-2H3;1H3,(H,2,3,4). The first kappa shape index (κ1) is 29.0. The predicted molar refractivity (Wildman–Crippen MR) is 140 cm³/mol. The van der Waals surface area contributed by atoms with Crippen molar-refractivity contribution in [1.82, 2.24) is 0 Å². The number of benzene rings is 3. The monoisotopic (exact) mass is 459 g/mol. The molecule has 3 aromatic carbocycles. The highest BCUT2D eigenvalue weighted by molar-refractivity contribution is 7.85. The van der Waals surface area contributed by atoms with Crippen molar-refractivity contribution in [2.24, 2.45) is 0 Å². The molecule has 0 fully saturated rings. The maximum Gasteiger partial charge on any atom is 0.261 e. The van der Waals surface area contributed by atoms with Crippen molar-refractivity contribution in [1.29, 1.82) is 0 Å². The Morgan fingerprint density at radius 1 is 0.594 bits per heavy atom. The summed E-state index contributed by atoms with van der Waals surface area (Å²) in [6.07, 6.45) is 0.715. The zero-order chi connectivity index (χ0) is 24.6. The molecule has 0 bridgehead atoms. The second-order valence-electron chi connectivity index (χ2n) is 7.09. The van der Waals surface area contributed by atoms with Crippen LogP contribution in [0, 0.1) is 20.8 Å². The Hall–Kier alpha value is -3.03. The van der Waals surface area contributed by atoms with Gasteiger partial charge in [-0.3, -0.25) is 4.55 Å². The predicted octanol–water partition coefficient (Wildman–Crippen LogP) is 5.61. The fourth-order valence-electron chi connectivity index (χ4n) is 2.32. The van der Waals surface area contributed by atoms with Gasteiger partial charge in [0.05, 0.1) is 6.26 Å². The average molecular weight is 460 g/mol. The SMILES string of the molecule is CNc1ccc(C)cc1.CNc1cccc(C)c1.CNc1cccc(C)c1.CS(=O)(=O)O. The molecule has 0 aromatic heterocycles. The highest BCUT2D eigenvalue weighted by Crippen LogP contribution is 2.08. The number of hydrogen-bond acceptors (Lipinski definition) is 5. The van der Waals surface area contributed by atoms with Crippen LogP contribution in [-0.2, 0) is 10.1 Å². The summed E-state index contributed by atoms with van der Waals surface area (Å²) in [5.41, 5.74) is 7.41. The van der Waals surface area contributed by atoms with Crippen LogP contribution >= 0.6 is 0 Å². The minimum Gasteiger partial charge on any atom is -0.388 e.